The van der Waals surface area contributed by atoms with Gasteiger partial charge in [-0.05, 0) is 23.8 Å². The van der Waals surface area contributed by atoms with E-state index in [9.17, 15) is 9.59 Å². The number of benzene rings is 1. The lowest BCUT2D eigenvalue weighted by atomic mass is 10.2. The summed E-state index contributed by atoms with van der Waals surface area (Å²) in [6, 6.07) is 7.06. The fourth-order valence-electron chi connectivity index (χ4n) is 1.61. The molecule has 1 fully saturated rings. The summed E-state index contributed by atoms with van der Waals surface area (Å²) in [5.74, 6) is -1.21. The molecule has 1 amide bonds. The summed E-state index contributed by atoms with van der Waals surface area (Å²) >= 11 is 12.1. The van der Waals surface area contributed by atoms with E-state index >= 15 is 0 Å². The number of hydrogen-bond donors (Lipinski definition) is 1. The number of nitrogens with zero attached hydrogens (tertiary/aromatic N) is 1. The van der Waals surface area contributed by atoms with Crippen LogP contribution in [0.1, 0.15) is 12.0 Å². The first kappa shape index (κ1) is 15.0. The first-order valence-electron chi connectivity index (χ1n) is 5.70. The first-order valence-corrected chi connectivity index (χ1v) is 7.30. The third kappa shape index (κ3) is 3.59. The molecule has 1 heterocycles. The highest BCUT2D eigenvalue weighted by Crippen LogP contribution is 2.32. The van der Waals surface area contributed by atoms with Crippen molar-refractivity contribution in [2.24, 2.45) is 0 Å². The molecule has 0 spiro atoms. The molecule has 0 aliphatic carbocycles. The Labute approximate surface area is 130 Å². The molecule has 1 aromatic carbocycles. The van der Waals surface area contributed by atoms with Crippen molar-refractivity contribution in [3.05, 3.63) is 39.8 Å². The van der Waals surface area contributed by atoms with Crippen molar-refractivity contribution < 1.29 is 14.7 Å². The van der Waals surface area contributed by atoms with Crippen LogP contribution in [-0.2, 0) is 9.59 Å². The Kier molecular flexibility index (Phi) is 4.80. The number of thiocarbonyl (C=S) groups is 1. The predicted molar refractivity (Wildman–Crippen MR) is 83.6 cm³/mol. The number of halogens is 1. The molecule has 104 valence electrons. The molecule has 1 aromatic rings. The zero-order chi connectivity index (χ0) is 14.7. The average molecular weight is 328 g/mol. The summed E-state index contributed by atoms with van der Waals surface area (Å²) < 4.78 is 0.386. The van der Waals surface area contributed by atoms with E-state index < -0.39 is 5.97 Å². The van der Waals surface area contributed by atoms with E-state index in [2.05, 4.69) is 0 Å². The lowest BCUT2D eigenvalue weighted by Crippen LogP contribution is -2.30. The molecular weight excluding hydrogens is 318 g/mol. The third-order valence-corrected chi connectivity index (χ3v) is 4.22. The maximum atomic E-state index is 12.1. The summed E-state index contributed by atoms with van der Waals surface area (Å²) in [6.07, 6.45) is 1.59. The minimum atomic E-state index is -0.958. The molecule has 0 unspecified atom stereocenters. The molecule has 1 aliphatic heterocycles. The number of carboxylic acids is 1. The summed E-state index contributed by atoms with van der Waals surface area (Å²) in [5, 5.41) is 9.28. The van der Waals surface area contributed by atoms with Gasteiger partial charge < -0.3 is 5.11 Å². The fraction of sp³-hybridized carbons (Fsp3) is 0.154. The van der Waals surface area contributed by atoms with Crippen molar-refractivity contribution in [2.75, 3.05) is 6.54 Å². The van der Waals surface area contributed by atoms with Crippen LogP contribution < -0.4 is 0 Å². The number of aliphatic carboxylic acids is 1. The van der Waals surface area contributed by atoms with Gasteiger partial charge in [-0.25, -0.2) is 0 Å². The molecule has 0 radical (unpaired) electrons. The lowest BCUT2D eigenvalue weighted by Gasteiger charge is -2.12. The number of hydrogen-bond acceptors (Lipinski definition) is 4. The molecule has 7 heteroatoms. The predicted octanol–water partition coefficient (Wildman–Crippen LogP) is 3.02. The second-order valence-corrected chi connectivity index (χ2v) is 6.14. The van der Waals surface area contributed by atoms with E-state index in [4.69, 9.17) is 28.9 Å². The molecule has 0 atom stereocenters. The van der Waals surface area contributed by atoms with E-state index in [1.807, 2.05) is 0 Å². The molecule has 1 aliphatic rings. The van der Waals surface area contributed by atoms with Gasteiger partial charge in [0, 0.05) is 11.6 Å². The Bertz CT molecular complexity index is 598. The van der Waals surface area contributed by atoms with Crippen molar-refractivity contribution in [3.8, 4) is 0 Å². The number of thioether (sulfide) groups is 1. The van der Waals surface area contributed by atoms with Crippen molar-refractivity contribution in [3.63, 3.8) is 0 Å². The fourth-order valence-corrected chi connectivity index (χ4v) is 3.05. The molecule has 0 bridgehead atoms. The van der Waals surface area contributed by atoms with Gasteiger partial charge in [0.15, 0.2) is 0 Å². The summed E-state index contributed by atoms with van der Waals surface area (Å²) in [6.45, 7) is 0.0952. The highest BCUT2D eigenvalue weighted by atomic mass is 35.5. The van der Waals surface area contributed by atoms with Crippen LogP contribution in [-0.4, -0.2) is 32.7 Å². The van der Waals surface area contributed by atoms with Crippen LogP contribution in [0, 0.1) is 0 Å². The lowest BCUT2D eigenvalue weighted by molar-refractivity contribution is -0.137. The van der Waals surface area contributed by atoms with Crippen LogP contribution in [0.25, 0.3) is 6.08 Å². The van der Waals surface area contributed by atoms with Crippen LogP contribution in [0.2, 0.25) is 5.02 Å². The van der Waals surface area contributed by atoms with Gasteiger partial charge in [-0.2, -0.15) is 0 Å². The zero-order valence-corrected chi connectivity index (χ0v) is 12.6. The normalized spacial score (nSPS) is 17.1. The Morgan fingerprint density at radius 3 is 2.65 bits per heavy atom. The molecule has 1 N–H and O–H groups in total. The second kappa shape index (κ2) is 6.39. The highest BCUT2D eigenvalue weighted by Gasteiger charge is 2.31. The summed E-state index contributed by atoms with van der Waals surface area (Å²) in [5.41, 5.74) is 0.841. The average Bonchev–Trinajstić information content (AvgIpc) is 2.65. The van der Waals surface area contributed by atoms with Crippen LogP contribution in [0.15, 0.2) is 29.2 Å². The van der Waals surface area contributed by atoms with E-state index in [1.54, 1.807) is 30.3 Å². The Hall–Kier alpha value is -1.37. The highest BCUT2D eigenvalue weighted by molar-refractivity contribution is 8.26. The Balaban J connectivity index is 2.14. The molecule has 1 saturated heterocycles. The zero-order valence-electron chi connectivity index (χ0n) is 10.2. The SMILES string of the molecule is O=C(O)CCN1C(=O)/C(=C\c2ccc(Cl)cc2)SC1=S. The van der Waals surface area contributed by atoms with E-state index in [0.29, 0.717) is 14.2 Å². The topological polar surface area (TPSA) is 57.6 Å². The van der Waals surface area contributed by atoms with Gasteiger partial charge in [-0.1, -0.05) is 47.7 Å². The van der Waals surface area contributed by atoms with Crippen LogP contribution in [0.5, 0.6) is 0 Å². The maximum Gasteiger partial charge on any atom is 0.305 e. The summed E-state index contributed by atoms with van der Waals surface area (Å²) in [4.78, 5) is 24.5. The van der Waals surface area contributed by atoms with E-state index in [0.717, 1.165) is 5.56 Å². The standard InChI is InChI=1S/C13H10ClNO3S2/c14-9-3-1-8(2-4-9)7-10-12(18)15(13(19)20-10)6-5-11(16)17/h1-4,7H,5-6H2,(H,16,17)/b10-7+. The van der Waals surface area contributed by atoms with Gasteiger partial charge in [0.2, 0.25) is 0 Å². The summed E-state index contributed by atoms with van der Waals surface area (Å²) in [7, 11) is 0. The van der Waals surface area contributed by atoms with E-state index in [1.165, 1.54) is 16.7 Å². The van der Waals surface area contributed by atoms with Gasteiger partial charge in [-0.3, -0.25) is 14.5 Å². The smallest absolute Gasteiger partial charge is 0.305 e. The number of rotatable bonds is 4. The molecule has 4 nitrogen and oxygen atoms in total. The van der Waals surface area contributed by atoms with Crippen LogP contribution >= 0.6 is 35.6 Å². The molecule has 0 aromatic heterocycles. The van der Waals surface area contributed by atoms with Crippen molar-refractivity contribution in [1.29, 1.82) is 0 Å². The quantitative estimate of drug-likeness (QED) is 0.680. The van der Waals surface area contributed by atoms with Gasteiger partial charge in [0.25, 0.3) is 5.91 Å². The Morgan fingerprint density at radius 1 is 1.40 bits per heavy atom. The minimum Gasteiger partial charge on any atom is -0.481 e. The van der Waals surface area contributed by atoms with Crippen molar-refractivity contribution in [1.82, 2.24) is 4.90 Å². The number of amides is 1. The molecule has 2 rings (SSSR count). The van der Waals surface area contributed by atoms with Gasteiger partial charge in [0.1, 0.15) is 4.32 Å². The number of carboxylic acid groups (broad SMARTS) is 1. The van der Waals surface area contributed by atoms with E-state index in [-0.39, 0.29) is 18.9 Å². The van der Waals surface area contributed by atoms with Crippen LogP contribution in [0.4, 0.5) is 0 Å². The van der Waals surface area contributed by atoms with Crippen LogP contribution in [0.3, 0.4) is 0 Å². The second-order valence-electron chi connectivity index (χ2n) is 4.03. The molecule has 0 saturated carbocycles. The largest absolute Gasteiger partial charge is 0.481 e. The van der Waals surface area contributed by atoms with Crippen molar-refractivity contribution in [2.45, 2.75) is 6.42 Å². The number of carbonyl (C=O) groups excluding carboxylic acids is 1. The monoisotopic (exact) mass is 327 g/mol. The molecular formula is C13H10ClNO3S2. The number of carbonyl (C=O) groups is 2. The minimum absolute atomic E-state index is 0.0952. The molecule has 20 heavy (non-hydrogen) atoms. The van der Waals surface area contributed by atoms with Gasteiger partial charge >= 0.3 is 5.97 Å². The maximum absolute atomic E-state index is 12.1. The third-order valence-electron chi connectivity index (χ3n) is 2.59. The first-order chi connectivity index (χ1) is 9.47. The Morgan fingerprint density at radius 2 is 2.05 bits per heavy atom. The van der Waals surface area contributed by atoms with Crippen molar-refractivity contribution >= 4 is 57.9 Å². The van der Waals surface area contributed by atoms with Gasteiger partial charge in [0.05, 0.1) is 11.3 Å². The van der Waals surface area contributed by atoms with Gasteiger partial charge in [-0.15, -0.1) is 0 Å².